The Morgan fingerprint density at radius 2 is 2.38 bits per heavy atom. The third kappa shape index (κ3) is 4.50. The second-order valence-corrected chi connectivity index (χ2v) is 0.861. The van der Waals surface area contributed by atoms with Crippen LogP contribution in [0.15, 0.2) is 18.7 Å². The maximum Gasteiger partial charge on any atom is 0.283 e. The first-order valence-electron chi connectivity index (χ1n) is 1.87. The Bertz CT molecular complexity index is 124. The molecule has 1 aromatic heterocycles. The van der Waals surface area contributed by atoms with Gasteiger partial charge in [-0.05, 0) is 0 Å². The average Bonchev–Trinajstić information content (AvgIpc) is 2.17. The fraction of sp³-hybridized carbons (Fsp3) is 0. The van der Waals surface area contributed by atoms with Gasteiger partial charge in [0.2, 0.25) is 0 Å². The van der Waals surface area contributed by atoms with Crippen molar-refractivity contribution in [3.8, 4) is 6.26 Å². The maximum absolute atomic E-state index is 6.88. The minimum absolute atomic E-state index is 0.750. The molecule has 0 aliphatic rings. The number of aromatic amines is 1. The average molecular weight is 111 g/mol. The van der Waals surface area contributed by atoms with Crippen molar-refractivity contribution in [2.45, 2.75) is 0 Å². The van der Waals surface area contributed by atoms with Crippen molar-refractivity contribution in [3.63, 3.8) is 0 Å². The number of nitrogens with zero attached hydrogens (tertiary/aromatic N) is 2. The van der Waals surface area contributed by atoms with Gasteiger partial charge in [-0.15, -0.1) is 0 Å². The molecule has 1 aromatic rings. The molecule has 0 aliphatic heterocycles. The highest BCUT2D eigenvalue weighted by atomic mass is 16.2. The van der Waals surface area contributed by atoms with E-state index in [0.717, 1.165) is 6.26 Å². The fourth-order valence-corrected chi connectivity index (χ4v) is 0.215. The zero-order valence-corrected chi connectivity index (χ0v) is 4.07. The summed E-state index contributed by atoms with van der Waals surface area (Å²) in [6.07, 6.45) is 5.83. The van der Waals surface area contributed by atoms with Gasteiger partial charge in [0.25, 0.3) is 6.26 Å². The number of hydrogen-bond donors (Lipinski definition) is 2. The molecule has 0 spiro atoms. The molecule has 1 heterocycles. The van der Waals surface area contributed by atoms with E-state index in [2.05, 4.69) is 9.97 Å². The first-order valence-corrected chi connectivity index (χ1v) is 1.87. The number of aromatic nitrogens is 2. The topological polar surface area (TPSA) is 72.7 Å². The van der Waals surface area contributed by atoms with E-state index >= 15 is 0 Å². The molecule has 0 atom stereocenters. The minimum atomic E-state index is 0.750. The van der Waals surface area contributed by atoms with E-state index in [1.165, 1.54) is 0 Å². The molecule has 2 N–H and O–H groups in total. The van der Waals surface area contributed by atoms with Gasteiger partial charge in [-0.1, -0.05) is 0 Å². The molecule has 0 aliphatic carbocycles. The molecule has 0 saturated carbocycles. The Balaban J connectivity index is 0.000000145. The Hall–Kier alpha value is -1.50. The van der Waals surface area contributed by atoms with Crippen molar-refractivity contribution in [3.05, 3.63) is 18.7 Å². The molecular formula is C4H5N3O. The van der Waals surface area contributed by atoms with Crippen molar-refractivity contribution in [2.24, 2.45) is 0 Å². The van der Waals surface area contributed by atoms with Gasteiger partial charge < -0.3 is 10.1 Å². The van der Waals surface area contributed by atoms with Crippen LogP contribution in [0, 0.1) is 11.5 Å². The molecule has 0 aromatic carbocycles. The third-order valence-electron chi connectivity index (χ3n) is 0.406. The monoisotopic (exact) mass is 111 g/mol. The Morgan fingerprint density at radius 3 is 2.50 bits per heavy atom. The van der Waals surface area contributed by atoms with Crippen molar-refractivity contribution in [2.75, 3.05) is 0 Å². The molecule has 0 bridgehead atoms. The Morgan fingerprint density at radius 1 is 1.75 bits per heavy atom. The highest BCUT2D eigenvalue weighted by Gasteiger charge is 1.56. The van der Waals surface area contributed by atoms with Gasteiger partial charge in [-0.25, -0.2) is 4.98 Å². The lowest BCUT2D eigenvalue weighted by Gasteiger charge is -1.46. The van der Waals surface area contributed by atoms with Crippen LogP contribution in [0.1, 0.15) is 0 Å². The van der Waals surface area contributed by atoms with Gasteiger partial charge in [-0.3, -0.25) is 0 Å². The van der Waals surface area contributed by atoms with Crippen LogP contribution in [0.3, 0.4) is 0 Å². The number of nitrogens with one attached hydrogen (secondary N) is 1. The standard InChI is InChI=1S/C3H4N2.CHNO/c1-2-5-3-4-1;2-1-3/h1-3H,(H,4,5);3H. The summed E-state index contributed by atoms with van der Waals surface area (Å²) >= 11 is 0. The second-order valence-electron chi connectivity index (χ2n) is 0.861. The van der Waals surface area contributed by atoms with E-state index in [9.17, 15) is 0 Å². The Kier molecular flexibility index (Phi) is 4.47. The third-order valence-corrected chi connectivity index (χ3v) is 0.406. The van der Waals surface area contributed by atoms with Gasteiger partial charge in [0.05, 0.1) is 6.33 Å². The number of imidazole rings is 1. The lowest BCUT2D eigenvalue weighted by atomic mass is 11.0. The first-order chi connectivity index (χ1) is 3.91. The van der Waals surface area contributed by atoms with Crippen LogP contribution in [0.5, 0.6) is 0 Å². The summed E-state index contributed by atoms with van der Waals surface area (Å²) in [5.41, 5.74) is 0. The van der Waals surface area contributed by atoms with Crippen LogP contribution >= 0.6 is 0 Å². The van der Waals surface area contributed by atoms with Gasteiger partial charge in [0.1, 0.15) is 0 Å². The summed E-state index contributed by atoms with van der Waals surface area (Å²) in [5.74, 6) is 0. The van der Waals surface area contributed by atoms with E-state index in [1.807, 2.05) is 0 Å². The van der Waals surface area contributed by atoms with Gasteiger partial charge in [0.15, 0.2) is 0 Å². The molecule has 4 nitrogen and oxygen atoms in total. The molecule has 42 valence electrons. The van der Waals surface area contributed by atoms with E-state index in [-0.39, 0.29) is 0 Å². The summed E-state index contributed by atoms with van der Waals surface area (Å²) < 4.78 is 0. The second kappa shape index (κ2) is 5.50. The molecule has 0 radical (unpaired) electrons. The minimum Gasteiger partial charge on any atom is -0.443 e. The summed E-state index contributed by atoms with van der Waals surface area (Å²) in [6.45, 7) is 0. The zero-order valence-electron chi connectivity index (χ0n) is 4.07. The van der Waals surface area contributed by atoms with Crippen LogP contribution in [-0.4, -0.2) is 15.1 Å². The number of aliphatic hydroxyl groups excluding tert-OH is 1. The number of aliphatic hydroxyl groups is 1. The zero-order chi connectivity index (χ0) is 6.24. The van der Waals surface area contributed by atoms with E-state index in [0.29, 0.717) is 0 Å². The number of rotatable bonds is 0. The maximum atomic E-state index is 6.88. The van der Waals surface area contributed by atoms with Gasteiger partial charge in [-0.2, -0.15) is 5.26 Å². The van der Waals surface area contributed by atoms with E-state index in [1.54, 1.807) is 18.7 Å². The smallest absolute Gasteiger partial charge is 0.283 e. The molecule has 0 unspecified atom stereocenters. The molecule has 4 heteroatoms. The van der Waals surface area contributed by atoms with Crippen LogP contribution < -0.4 is 0 Å². The summed E-state index contributed by atoms with van der Waals surface area (Å²) in [5, 5.41) is 13.8. The summed E-state index contributed by atoms with van der Waals surface area (Å²) in [7, 11) is 0. The molecular weight excluding hydrogens is 106 g/mol. The SMILES string of the molecule is N#CO.c1c[nH]cn1. The van der Waals surface area contributed by atoms with Crippen molar-refractivity contribution in [1.82, 2.24) is 9.97 Å². The fourth-order valence-electron chi connectivity index (χ4n) is 0.215. The van der Waals surface area contributed by atoms with Gasteiger partial charge >= 0.3 is 0 Å². The quantitative estimate of drug-likeness (QED) is 0.471. The molecule has 0 fully saturated rings. The van der Waals surface area contributed by atoms with Crippen molar-refractivity contribution >= 4 is 0 Å². The largest absolute Gasteiger partial charge is 0.443 e. The van der Waals surface area contributed by atoms with Crippen LogP contribution in [0.2, 0.25) is 0 Å². The predicted molar refractivity (Wildman–Crippen MR) is 26.1 cm³/mol. The van der Waals surface area contributed by atoms with E-state index < -0.39 is 0 Å². The number of nitriles is 1. The number of H-pyrrole nitrogens is 1. The van der Waals surface area contributed by atoms with Gasteiger partial charge in [0, 0.05) is 12.4 Å². The number of hydrogen-bond acceptors (Lipinski definition) is 3. The van der Waals surface area contributed by atoms with E-state index in [4.69, 9.17) is 10.4 Å². The van der Waals surface area contributed by atoms with Crippen LogP contribution in [-0.2, 0) is 0 Å². The van der Waals surface area contributed by atoms with Crippen LogP contribution in [0.4, 0.5) is 0 Å². The summed E-state index contributed by atoms with van der Waals surface area (Å²) in [4.78, 5) is 6.42. The molecule has 0 amide bonds. The first kappa shape index (κ1) is 6.50. The molecule has 1 rings (SSSR count). The predicted octanol–water partition coefficient (Wildman–Crippen LogP) is 0.250. The molecule has 0 saturated heterocycles. The highest BCUT2D eigenvalue weighted by molar-refractivity contribution is 4.64. The Labute approximate surface area is 46.4 Å². The lowest BCUT2D eigenvalue weighted by Crippen LogP contribution is -1.44. The normalized spacial score (nSPS) is 5.88. The van der Waals surface area contributed by atoms with Crippen LogP contribution in [0.25, 0.3) is 0 Å². The van der Waals surface area contributed by atoms with Crippen molar-refractivity contribution < 1.29 is 5.11 Å². The highest BCUT2D eigenvalue weighted by Crippen LogP contribution is 1.62. The molecule has 8 heavy (non-hydrogen) atoms. The summed E-state index contributed by atoms with van der Waals surface area (Å²) in [6, 6.07) is 0. The lowest BCUT2D eigenvalue weighted by molar-refractivity contribution is 0.503. The van der Waals surface area contributed by atoms with Crippen molar-refractivity contribution in [1.29, 1.82) is 5.26 Å².